The highest BCUT2D eigenvalue weighted by molar-refractivity contribution is 5.83. The van der Waals surface area contributed by atoms with Gasteiger partial charge in [-0.1, -0.05) is 35.9 Å². The molecule has 0 atom stereocenters. The topological polar surface area (TPSA) is 54.1 Å². The summed E-state index contributed by atoms with van der Waals surface area (Å²) in [7, 11) is 0. The standard InChI is InChI=1S/C21H24N2O2/c1-16-9-11-18(12-10-16)25-14-13-22-21(24)8-4-5-17-15-23-20-7-3-2-6-19(17)20/h2-3,6-7,9-12,15,23H,4-5,8,13-14H2,1H3,(H,22,24). The van der Waals surface area contributed by atoms with Gasteiger partial charge in [-0.3, -0.25) is 4.79 Å². The Kier molecular flexibility index (Phi) is 5.73. The number of hydrogen-bond donors (Lipinski definition) is 2. The van der Waals surface area contributed by atoms with Crippen molar-refractivity contribution in [1.29, 1.82) is 0 Å². The summed E-state index contributed by atoms with van der Waals surface area (Å²) >= 11 is 0. The van der Waals surface area contributed by atoms with Gasteiger partial charge >= 0.3 is 0 Å². The molecular weight excluding hydrogens is 312 g/mol. The van der Waals surface area contributed by atoms with E-state index in [-0.39, 0.29) is 5.91 Å². The number of rotatable bonds is 8. The summed E-state index contributed by atoms with van der Waals surface area (Å²) in [6, 6.07) is 16.2. The summed E-state index contributed by atoms with van der Waals surface area (Å²) in [5, 5.41) is 4.15. The van der Waals surface area contributed by atoms with E-state index in [0.717, 1.165) is 24.1 Å². The fourth-order valence-electron chi connectivity index (χ4n) is 2.86. The van der Waals surface area contributed by atoms with Crippen molar-refractivity contribution in [3.8, 4) is 5.75 Å². The number of aromatic nitrogens is 1. The van der Waals surface area contributed by atoms with Gasteiger partial charge in [-0.25, -0.2) is 0 Å². The molecule has 0 aliphatic carbocycles. The number of fused-ring (bicyclic) bond motifs is 1. The third-order valence-corrected chi connectivity index (χ3v) is 4.24. The third-order valence-electron chi connectivity index (χ3n) is 4.24. The number of amides is 1. The third kappa shape index (κ3) is 4.86. The maximum atomic E-state index is 11.9. The van der Waals surface area contributed by atoms with Gasteiger partial charge in [0.1, 0.15) is 12.4 Å². The van der Waals surface area contributed by atoms with Crippen LogP contribution in [0.1, 0.15) is 24.0 Å². The molecule has 0 saturated heterocycles. The van der Waals surface area contributed by atoms with Gasteiger partial charge in [0.25, 0.3) is 0 Å². The Balaban J connectivity index is 1.33. The maximum Gasteiger partial charge on any atom is 0.220 e. The van der Waals surface area contributed by atoms with E-state index in [1.807, 2.05) is 49.5 Å². The number of ether oxygens (including phenoxy) is 1. The molecule has 0 saturated carbocycles. The van der Waals surface area contributed by atoms with Crippen LogP contribution in [0.2, 0.25) is 0 Å². The van der Waals surface area contributed by atoms with Crippen molar-refractivity contribution in [2.24, 2.45) is 0 Å². The Labute approximate surface area is 148 Å². The first-order valence-corrected chi connectivity index (χ1v) is 8.73. The van der Waals surface area contributed by atoms with E-state index >= 15 is 0 Å². The molecule has 3 rings (SSSR count). The zero-order chi connectivity index (χ0) is 17.5. The van der Waals surface area contributed by atoms with Crippen molar-refractivity contribution >= 4 is 16.8 Å². The van der Waals surface area contributed by atoms with E-state index < -0.39 is 0 Å². The van der Waals surface area contributed by atoms with Crippen LogP contribution in [0, 0.1) is 6.92 Å². The summed E-state index contributed by atoms with van der Waals surface area (Å²) in [6.07, 6.45) is 4.31. The van der Waals surface area contributed by atoms with Crippen LogP contribution in [0.4, 0.5) is 0 Å². The molecule has 1 aromatic heterocycles. The number of benzene rings is 2. The largest absolute Gasteiger partial charge is 0.492 e. The lowest BCUT2D eigenvalue weighted by molar-refractivity contribution is -0.121. The van der Waals surface area contributed by atoms with Crippen molar-refractivity contribution in [2.75, 3.05) is 13.2 Å². The van der Waals surface area contributed by atoms with Crippen LogP contribution in [0.3, 0.4) is 0 Å². The molecule has 25 heavy (non-hydrogen) atoms. The lowest BCUT2D eigenvalue weighted by atomic mass is 10.1. The molecule has 0 spiro atoms. The molecule has 0 radical (unpaired) electrons. The van der Waals surface area contributed by atoms with Crippen LogP contribution in [0.15, 0.2) is 54.7 Å². The molecule has 0 bridgehead atoms. The molecule has 1 heterocycles. The minimum absolute atomic E-state index is 0.0762. The summed E-state index contributed by atoms with van der Waals surface area (Å²) < 4.78 is 5.60. The highest BCUT2D eigenvalue weighted by Crippen LogP contribution is 2.19. The molecule has 130 valence electrons. The second-order valence-corrected chi connectivity index (χ2v) is 6.22. The van der Waals surface area contributed by atoms with Crippen LogP contribution in [-0.4, -0.2) is 24.0 Å². The number of aromatic amines is 1. The first-order chi connectivity index (χ1) is 12.2. The van der Waals surface area contributed by atoms with Gasteiger partial charge in [0, 0.05) is 23.5 Å². The highest BCUT2D eigenvalue weighted by Gasteiger charge is 2.05. The number of para-hydroxylation sites is 1. The van der Waals surface area contributed by atoms with Crippen LogP contribution in [0.25, 0.3) is 10.9 Å². The minimum atomic E-state index is 0.0762. The van der Waals surface area contributed by atoms with Crippen LogP contribution in [0.5, 0.6) is 5.75 Å². The average molecular weight is 336 g/mol. The number of nitrogens with one attached hydrogen (secondary N) is 2. The molecule has 2 aromatic carbocycles. The first-order valence-electron chi connectivity index (χ1n) is 8.73. The molecule has 1 amide bonds. The Morgan fingerprint density at radius 3 is 2.76 bits per heavy atom. The summed E-state index contributed by atoms with van der Waals surface area (Å²) in [5.41, 5.74) is 3.62. The smallest absolute Gasteiger partial charge is 0.220 e. The van der Waals surface area contributed by atoms with E-state index in [1.54, 1.807) is 0 Å². The molecule has 0 aliphatic rings. The Hall–Kier alpha value is -2.75. The van der Waals surface area contributed by atoms with Crippen molar-refractivity contribution in [3.63, 3.8) is 0 Å². The molecule has 3 aromatic rings. The molecular formula is C21H24N2O2. The second kappa shape index (κ2) is 8.38. The normalized spacial score (nSPS) is 10.8. The lowest BCUT2D eigenvalue weighted by Crippen LogP contribution is -2.27. The highest BCUT2D eigenvalue weighted by atomic mass is 16.5. The van der Waals surface area contributed by atoms with E-state index in [9.17, 15) is 4.79 Å². The molecule has 0 unspecified atom stereocenters. The summed E-state index contributed by atoms with van der Waals surface area (Å²) in [6.45, 7) is 3.05. The number of carbonyl (C=O) groups excluding carboxylic acids is 1. The number of H-pyrrole nitrogens is 1. The minimum Gasteiger partial charge on any atom is -0.492 e. The molecule has 0 aliphatic heterocycles. The Morgan fingerprint density at radius 1 is 1.12 bits per heavy atom. The van der Waals surface area contributed by atoms with Crippen molar-refractivity contribution < 1.29 is 9.53 Å². The van der Waals surface area contributed by atoms with Crippen LogP contribution in [-0.2, 0) is 11.2 Å². The summed E-state index contributed by atoms with van der Waals surface area (Å²) in [5.74, 6) is 0.909. The maximum absolute atomic E-state index is 11.9. The zero-order valence-corrected chi connectivity index (χ0v) is 14.5. The number of carbonyl (C=O) groups is 1. The molecule has 4 nitrogen and oxygen atoms in total. The fraction of sp³-hybridized carbons (Fsp3) is 0.286. The van der Waals surface area contributed by atoms with E-state index in [2.05, 4.69) is 22.4 Å². The zero-order valence-electron chi connectivity index (χ0n) is 14.5. The molecule has 4 heteroatoms. The van der Waals surface area contributed by atoms with Crippen molar-refractivity contribution in [3.05, 3.63) is 65.9 Å². The fourth-order valence-corrected chi connectivity index (χ4v) is 2.86. The van der Waals surface area contributed by atoms with Gasteiger partial charge in [-0.2, -0.15) is 0 Å². The number of aryl methyl sites for hydroxylation is 2. The average Bonchev–Trinajstić information content (AvgIpc) is 3.04. The van der Waals surface area contributed by atoms with Crippen LogP contribution >= 0.6 is 0 Å². The van der Waals surface area contributed by atoms with Crippen molar-refractivity contribution in [2.45, 2.75) is 26.2 Å². The van der Waals surface area contributed by atoms with Crippen molar-refractivity contribution in [1.82, 2.24) is 10.3 Å². The van der Waals surface area contributed by atoms with Gasteiger partial charge in [0.05, 0.1) is 6.54 Å². The Bertz CT molecular complexity index is 821. The second-order valence-electron chi connectivity index (χ2n) is 6.22. The lowest BCUT2D eigenvalue weighted by Gasteiger charge is -2.08. The number of hydrogen-bond acceptors (Lipinski definition) is 2. The molecule has 0 fully saturated rings. The monoisotopic (exact) mass is 336 g/mol. The van der Waals surface area contributed by atoms with Crippen LogP contribution < -0.4 is 10.1 Å². The van der Waals surface area contributed by atoms with Gasteiger partial charge in [-0.05, 0) is 43.5 Å². The van der Waals surface area contributed by atoms with Gasteiger partial charge in [-0.15, -0.1) is 0 Å². The predicted molar refractivity (Wildman–Crippen MR) is 101 cm³/mol. The quantitative estimate of drug-likeness (QED) is 0.611. The summed E-state index contributed by atoms with van der Waals surface area (Å²) in [4.78, 5) is 15.2. The first kappa shape index (κ1) is 17.1. The van der Waals surface area contributed by atoms with E-state index in [0.29, 0.717) is 19.6 Å². The van der Waals surface area contributed by atoms with E-state index in [4.69, 9.17) is 4.74 Å². The van der Waals surface area contributed by atoms with Gasteiger partial charge in [0.15, 0.2) is 0 Å². The van der Waals surface area contributed by atoms with Gasteiger partial charge < -0.3 is 15.0 Å². The SMILES string of the molecule is Cc1ccc(OCCNC(=O)CCCc2c[nH]c3ccccc23)cc1. The Morgan fingerprint density at radius 2 is 1.92 bits per heavy atom. The van der Waals surface area contributed by atoms with Gasteiger partial charge in [0.2, 0.25) is 5.91 Å². The van der Waals surface area contributed by atoms with E-state index in [1.165, 1.54) is 16.5 Å². The molecule has 2 N–H and O–H groups in total. The predicted octanol–water partition coefficient (Wildman–Crippen LogP) is 3.99.